The molecule has 3 rings (SSSR count). The van der Waals surface area contributed by atoms with Gasteiger partial charge in [-0.3, -0.25) is 14.5 Å². The lowest BCUT2D eigenvalue weighted by molar-refractivity contribution is -0.153. The van der Waals surface area contributed by atoms with Gasteiger partial charge < -0.3 is 14.8 Å². The highest BCUT2D eigenvalue weighted by molar-refractivity contribution is 9.11. The van der Waals surface area contributed by atoms with E-state index in [4.69, 9.17) is 44.3 Å². The highest BCUT2D eigenvalue weighted by Gasteiger charge is 2.55. The predicted octanol–water partition coefficient (Wildman–Crippen LogP) is 3.89. The Morgan fingerprint density at radius 1 is 1.29 bits per heavy atom. The van der Waals surface area contributed by atoms with Crippen LogP contribution < -0.4 is 10.1 Å². The number of alkyl halides is 3. The zero-order chi connectivity index (χ0) is 22.8. The van der Waals surface area contributed by atoms with E-state index in [-0.39, 0.29) is 12.3 Å². The molecule has 2 aliphatic rings. The molecule has 12 heteroatoms. The second kappa shape index (κ2) is 10.0. The number of ether oxygens (including phenoxy) is 2. The fourth-order valence-electron chi connectivity index (χ4n) is 2.93. The van der Waals surface area contributed by atoms with Gasteiger partial charge in [0.2, 0.25) is 3.79 Å². The number of benzene rings is 1. The van der Waals surface area contributed by atoms with Crippen LogP contribution in [-0.2, 0) is 19.1 Å². The second-order valence-electron chi connectivity index (χ2n) is 6.50. The molecule has 1 aromatic carbocycles. The number of carbonyl (C=O) groups excluding carboxylic acids is 3. The molecule has 0 aliphatic carbocycles. The molecule has 1 unspecified atom stereocenters. The smallest absolute Gasteiger partial charge is 0.355 e. The molecule has 2 atom stereocenters. The van der Waals surface area contributed by atoms with E-state index in [1.807, 2.05) is 6.07 Å². The summed E-state index contributed by atoms with van der Waals surface area (Å²) in [6.07, 6.45) is 0. The summed E-state index contributed by atoms with van der Waals surface area (Å²) in [7, 11) is 0. The van der Waals surface area contributed by atoms with Crippen LogP contribution in [-0.4, -0.2) is 51.1 Å². The number of para-hydroxylation sites is 1. The molecule has 1 N–H and O–H groups in total. The Hall–Kier alpha value is -1.39. The van der Waals surface area contributed by atoms with Crippen LogP contribution in [0, 0.1) is 0 Å². The topological polar surface area (TPSA) is 84.9 Å². The zero-order valence-electron chi connectivity index (χ0n) is 15.9. The Labute approximate surface area is 206 Å². The average molecular weight is 571 g/mol. The van der Waals surface area contributed by atoms with Crippen molar-refractivity contribution in [1.82, 2.24) is 10.2 Å². The van der Waals surface area contributed by atoms with Crippen molar-refractivity contribution in [2.24, 2.45) is 0 Å². The van der Waals surface area contributed by atoms with Crippen molar-refractivity contribution < 1.29 is 23.9 Å². The van der Waals surface area contributed by atoms with E-state index in [2.05, 4.69) is 21.2 Å². The number of β-lactam (4-membered cyclic amide) rings is 1. The van der Waals surface area contributed by atoms with Crippen LogP contribution in [0.4, 0.5) is 0 Å². The fraction of sp³-hybridized carbons (Fsp3) is 0.316. The Kier molecular flexibility index (Phi) is 7.86. The van der Waals surface area contributed by atoms with Gasteiger partial charge in [-0.1, -0.05) is 80.7 Å². The third-order valence-electron chi connectivity index (χ3n) is 4.35. The summed E-state index contributed by atoms with van der Waals surface area (Å²) in [6.45, 7) is 0.950. The van der Waals surface area contributed by atoms with Gasteiger partial charge in [-0.15, -0.1) is 0 Å². The Morgan fingerprint density at radius 3 is 2.58 bits per heavy atom. The number of esters is 1. The van der Waals surface area contributed by atoms with Crippen LogP contribution >= 0.6 is 62.5 Å². The molecule has 1 saturated heterocycles. The molecule has 1 aromatic rings. The standard InChI is InChI=1S/C19H16BrCl3N2O5S/c1-10-12(7-20)31-17-14(24-13(26)8-29-11-5-3-2-4-6-11)16(27)25(17)15(10)18(28)30-9-19(21,22)23/h2-7,14,17H,8-9H2,1H3,(H,24,26)/t14?,17-/m1/s1. The molecule has 31 heavy (non-hydrogen) atoms. The number of hydrogen-bond donors (Lipinski definition) is 1. The highest BCUT2D eigenvalue weighted by atomic mass is 79.9. The van der Waals surface area contributed by atoms with Crippen molar-refractivity contribution >= 4 is 80.3 Å². The lowest BCUT2D eigenvalue weighted by atomic mass is 10.0. The van der Waals surface area contributed by atoms with Gasteiger partial charge in [0, 0.05) is 4.91 Å². The van der Waals surface area contributed by atoms with Crippen molar-refractivity contribution in [2.45, 2.75) is 22.1 Å². The van der Waals surface area contributed by atoms with Crippen molar-refractivity contribution in [1.29, 1.82) is 0 Å². The van der Waals surface area contributed by atoms with Crippen LogP contribution in [0.25, 0.3) is 0 Å². The predicted molar refractivity (Wildman–Crippen MR) is 123 cm³/mol. The van der Waals surface area contributed by atoms with Crippen molar-refractivity contribution in [2.75, 3.05) is 13.2 Å². The molecule has 0 aromatic heterocycles. The molecule has 7 nitrogen and oxygen atoms in total. The summed E-state index contributed by atoms with van der Waals surface area (Å²) >= 11 is 21.5. The van der Waals surface area contributed by atoms with E-state index in [9.17, 15) is 14.4 Å². The van der Waals surface area contributed by atoms with Gasteiger partial charge in [-0.25, -0.2) is 4.79 Å². The minimum absolute atomic E-state index is 0.0414. The lowest BCUT2D eigenvalue weighted by Gasteiger charge is -2.49. The van der Waals surface area contributed by atoms with Crippen LogP contribution in [0.1, 0.15) is 6.92 Å². The first-order chi connectivity index (χ1) is 14.6. The zero-order valence-corrected chi connectivity index (χ0v) is 20.6. The number of allylic oxidation sites excluding steroid dienone is 1. The maximum Gasteiger partial charge on any atom is 0.355 e. The molecule has 2 heterocycles. The number of hydrogen-bond acceptors (Lipinski definition) is 6. The van der Waals surface area contributed by atoms with Gasteiger partial charge in [0.05, 0.1) is 0 Å². The third-order valence-corrected chi connectivity index (χ3v) is 6.84. The SMILES string of the molecule is CC1=C(C(=O)OCC(Cl)(Cl)Cl)N2C(=O)C(NC(=O)COc3ccccc3)[C@H]2SC1=CBr. The number of carbonyl (C=O) groups is 3. The van der Waals surface area contributed by atoms with Crippen LogP contribution in [0.3, 0.4) is 0 Å². The summed E-state index contributed by atoms with van der Waals surface area (Å²) in [5, 5.41) is 2.12. The first-order valence-electron chi connectivity index (χ1n) is 8.85. The molecular formula is C19H16BrCl3N2O5S. The number of nitrogens with zero attached hydrogens (tertiary/aromatic N) is 1. The van der Waals surface area contributed by atoms with E-state index in [0.29, 0.717) is 16.2 Å². The quantitative estimate of drug-likeness (QED) is 0.318. The molecule has 0 saturated carbocycles. The third kappa shape index (κ3) is 5.70. The van der Waals surface area contributed by atoms with Gasteiger partial charge in [-0.05, 0) is 29.6 Å². The fourth-order valence-corrected chi connectivity index (χ4v) is 4.98. The number of fused-ring (bicyclic) bond motifs is 1. The average Bonchev–Trinajstić information content (AvgIpc) is 2.74. The number of rotatable bonds is 6. The molecule has 2 aliphatic heterocycles. The first kappa shape index (κ1) is 24.3. The van der Waals surface area contributed by atoms with Gasteiger partial charge in [0.1, 0.15) is 29.5 Å². The minimum atomic E-state index is -1.78. The first-order valence-corrected chi connectivity index (χ1v) is 11.8. The van der Waals surface area contributed by atoms with Crippen LogP contribution in [0.15, 0.2) is 51.5 Å². The molecule has 166 valence electrons. The summed E-state index contributed by atoms with van der Waals surface area (Å²) in [5.74, 6) is -1.17. The highest BCUT2D eigenvalue weighted by Crippen LogP contribution is 2.47. The van der Waals surface area contributed by atoms with Crippen molar-refractivity contribution in [3.63, 3.8) is 0 Å². The normalized spacial score (nSPS) is 22.0. The van der Waals surface area contributed by atoms with E-state index in [0.717, 1.165) is 0 Å². The summed E-state index contributed by atoms with van der Waals surface area (Å²) in [4.78, 5) is 41.3. The van der Waals surface area contributed by atoms with Gasteiger partial charge in [-0.2, -0.15) is 0 Å². The largest absolute Gasteiger partial charge is 0.484 e. The van der Waals surface area contributed by atoms with Crippen LogP contribution in [0.5, 0.6) is 5.75 Å². The molecule has 0 radical (unpaired) electrons. The van der Waals surface area contributed by atoms with Gasteiger partial charge in [0.25, 0.3) is 11.8 Å². The number of thioether (sulfide) groups is 1. The molecule has 0 spiro atoms. The summed E-state index contributed by atoms with van der Waals surface area (Å²) in [6, 6.07) is 8.00. The monoisotopic (exact) mass is 568 g/mol. The van der Waals surface area contributed by atoms with Crippen LogP contribution in [0.2, 0.25) is 0 Å². The summed E-state index contributed by atoms with van der Waals surface area (Å²) < 4.78 is 8.69. The van der Waals surface area contributed by atoms with Crippen molar-refractivity contribution in [3.8, 4) is 5.75 Å². The Balaban J connectivity index is 1.69. The van der Waals surface area contributed by atoms with E-state index < -0.39 is 39.6 Å². The van der Waals surface area contributed by atoms with Gasteiger partial charge >= 0.3 is 5.97 Å². The lowest BCUT2D eigenvalue weighted by Crippen LogP contribution is -2.70. The van der Waals surface area contributed by atoms with Gasteiger partial charge in [0.15, 0.2) is 6.61 Å². The maximum absolute atomic E-state index is 12.8. The second-order valence-corrected chi connectivity index (χ2v) is 10.6. The molecular weight excluding hydrogens is 555 g/mol. The number of amides is 2. The maximum atomic E-state index is 12.8. The van der Waals surface area contributed by atoms with E-state index >= 15 is 0 Å². The van der Waals surface area contributed by atoms with Crippen molar-refractivity contribution in [3.05, 3.63) is 51.5 Å². The number of halogens is 4. The Bertz CT molecular complexity index is 952. The Morgan fingerprint density at radius 2 is 1.97 bits per heavy atom. The summed E-state index contributed by atoms with van der Waals surface area (Å²) in [5.41, 5.74) is 0.567. The molecule has 0 bridgehead atoms. The molecule has 2 amide bonds. The molecule has 1 fully saturated rings. The minimum Gasteiger partial charge on any atom is -0.484 e. The van der Waals surface area contributed by atoms with E-state index in [1.165, 1.54) is 16.7 Å². The van der Waals surface area contributed by atoms with E-state index in [1.54, 1.807) is 36.2 Å². The number of nitrogens with one attached hydrogen (secondary N) is 1.